The van der Waals surface area contributed by atoms with Crippen LogP contribution in [0.25, 0.3) is 17.0 Å². The van der Waals surface area contributed by atoms with Gasteiger partial charge in [-0.3, -0.25) is 4.79 Å². The summed E-state index contributed by atoms with van der Waals surface area (Å²) in [6.07, 6.45) is 4.08. The molecule has 0 saturated heterocycles. The first kappa shape index (κ1) is 17.2. The second-order valence-electron chi connectivity index (χ2n) is 6.53. The van der Waals surface area contributed by atoms with Crippen LogP contribution >= 0.6 is 0 Å². The second kappa shape index (κ2) is 7.19. The SMILES string of the molecule is CCOc1cc2c(cc1NC(=O)C=Cc1cc3ccccc3o1)OC(C)C2. The van der Waals surface area contributed by atoms with Gasteiger partial charge < -0.3 is 19.2 Å². The van der Waals surface area contributed by atoms with Gasteiger partial charge in [-0.05, 0) is 38.1 Å². The monoisotopic (exact) mass is 363 g/mol. The molecule has 2 heterocycles. The van der Waals surface area contributed by atoms with Crippen molar-refractivity contribution in [2.75, 3.05) is 11.9 Å². The van der Waals surface area contributed by atoms with Gasteiger partial charge in [-0.15, -0.1) is 0 Å². The van der Waals surface area contributed by atoms with Gasteiger partial charge in [0.05, 0.1) is 12.3 Å². The Balaban J connectivity index is 1.52. The molecule has 0 aliphatic carbocycles. The van der Waals surface area contributed by atoms with Gasteiger partial charge in [0.2, 0.25) is 5.91 Å². The number of para-hydroxylation sites is 1. The Hall–Kier alpha value is -3.21. The maximum atomic E-state index is 12.4. The zero-order valence-electron chi connectivity index (χ0n) is 15.3. The Morgan fingerprint density at radius 2 is 2.15 bits per heavy atom. The van der Waals surface area contributed by atoms with E-state index in [1.54, 1.807) is 6.08 Å². The van der Waals surface area contributed by atoms with Crippen LogP contribution in [0.3, 0.4) is 0 Å². The molecule has 27 heavy (non-hydrogen) atoms. The lowest BCUT2D eigenvalue weighted by Crippen LogP contribution is -2.10. The molecule has 0 radical (unpaired) electrons. The zero-order valence-corrected chi connectivity index (χ0v) is 15.3. The minimum Gasteiger partial charge on any atom is -0.492 e. The fourth-order valence-corrected chi connectivity index (χ4v) is 3.23. The Bertz CT molecular complexity index is 985. The Kier molecular flexibility index (Phi) is 4.59. The number of hydrogen-bond acceptors (Lipinski definition) is 4. The lowest BCUT2D eigenvalue weighted by atomic mass is 10.1. The molecular formula is C22H21NO4. The molecule has 3 aromatic rings. The molecule has 1 aliphatic rings. The van der Waals surface area contributed by atoms with Crippen molar-refractivity contribution in [1.29, 1.82) is 0 Å². The first-order valence-electron chi connectivity index (χ1n) is 9.06. The van der Waals surface area contributed by atoms with E-state index in [-0.39, 0.29) is 12.0 Å². The van der Waals surface area contributed by atoms with E-state index in [1.807, 2.05) is 56.3 Å². The second-order valence-corrected chi connectivity index (χ2v) is 6.53. The molecule has 1 aliphatic heterocycles. The maximum absolute atomic E-state index is 12.4. The molecule has 2 aromatic carbocycles. The summed E-state index contributed by atoms with van der Waals surface area (Å²) in [7, 11) is 0. The average Bonchev–Trinajstić information content (AvgIpc) is 3.22. The fraction of sp³-hybridized carbons (Fsp3) is 0.227. The molecule has 1 unspecified atom stereocenters. The fourth-order valence-electron chi connectivity index (χ4n) is 3.23. The molecule has 1 amide bonds. The molecule has 1 atom stereocenters. The van der Waals surface area contributed by atoms with Crippen molar-refractivity contribution in [3.05, 3.63) is 59.9 Å². The number of anilines is 1. The van der Waals surface area contributed by atoms with Gasteiger partial charge in [0.1, 0.15) is 28.9 Å². The smallest absolute Gasteiger partial charge is 0.248 e. The van der Waals surface area contributed by atoms with Crippen molar-refractivity contribution in [3.8, 4) is 11.5 Å². The molecule has 138 valence electrons. The van der Waals surface area contributed by atoms with Crippen LogP contribution in [-0.4, -0.2) is 18.6 Å². The first-order valence-corrected chi connectivity index (χ1v) is 9.06. The number of ether oxygens (including phenoxy) is 2. The van der Waals surface area contributed by atoms with Crippen molar-refractivity contribution in [2.45, 2.75) is 26.4 Å². The summed E-state index contributed by atoms with van der Waals surface area (Å²) in [4.78, 5) is 12.4. The highest BCUT2D eigenvalue weighted by Crippen LogP contribution is 2.38. The van der Waals surface area contributed by atoms with Gasteiger partial charge in [0.15, 0.2) is 0 Å². The predicted molar refractivity (Wildman–Crippen MR) is 105 cm³/mol. The molecule has 0 spiro atoms. The van der Waals surface area contributed by atoms with E-state index in [2.05, 4.69) is 5.32 Å². The summed E-state index contributed by atoms with van der Waals surface area (Å²) in [5.41, 5.74) is 2.49. The van der Waals surface area contributed by atoms with Crippen LogP contribution in [-0.2, 0) is 11.2 Å². The van der Waals surface area contributed by atoms with E-state index < -0.39 is 0 Å². The highest BCUT2D eigenvalue weighted by atomic mass is 16.5. The molecule has 1 aromatic heterocycles. The third kappa shape index (κ3) is 3.67. The van der Waals surface area contributed by atoms with Crippen molar-refractivity contribution >= 4 is 28.6 Å². The van der Waals surface area contributed by atoms with Crippen LogP contribution < -0.4 is 14.8 Å². The molecule has 4 rings (SSSR count). The highest BCUT2D eigenvalue weighted by Gasteiger charge is 2.22. The van der Waals surface area contributed by atoms with Gasteiger partial charge in [-0.25, -0.2) is 0 Å². The summed E-state index contributed by atoms with van der Waals surface area (Å²) in [5, 5.41) is 3.87. The molecule has 0 saturated carbocycles. The molecule has 5 nitrogen and oxygen atoms in total. The maximum Gasteiger partial charge on any atom is 0.248 e. The molecular weight excluding hydrogens is 342 g/mol. The number of carbonyl (C=O) groups is 1. The van der Waals surface area contributed by atoms with E-state index >= 15 is 0 Å². The third-order valence-corrected chi connectivity index (χ3v) is 4.40. The van der Waals surface area contributed by atoms with Gasteiger partial charge >= 0.3 is 0 Å². The van der Waals surface area contributed by atoms with Crippen LogP contribution in [0.4, 0.5) is 5.69 Å². The zero-order chi connectivity index (χ0) is 18.8. The Labute approximate surface area is 157 Å². The van der Waals surface area contributed by atoms with E-state index in [9.17, 15) is 4.79 Å². The number of benzene rings is 2. The number of amides is 1. The summed E-state index contributed by atoms with van der Waals surface area (Å²) >= 11 is 0. The van der Waals surface area contributed by atoms with Gasteiger partial charge in [-0.2, -0.15) is 0 Å². The Morgan fingerprint density at radius 1 is 1.30 bits per heavy atom. The molecule has 5 heteroatoms. The topological polar surface area (TPSA) is 60.7 Å². The number of carbonyl (C=O) groups excluding carboxylic acids is 1. The Morgan fingerprint density at radius 3 is 2.96 bits per heavy atom. The largest absolute Gasteiger partial charge is 0.492 e. The van der Waals surface area contributed by atoms with Gasteiger partial charge in [0.25, 0.3) is 0 Å². The van der Waals surface area contributed by atoms with E-state index in [1.165, 1.54) is 6.08 Å². The minimum absolute atomic E-state index is 0.133. The number of nitrogens with one attached hydrogen (secondary N) is 1. The first-order chi connectivity index (χ1) is 13.1. The van der Waals surface area contributed by atoms with Crippen molar-refractivity contribution in [2.24, 2.45) is 0 Å². The van der Waals surface area contributed by atoms with Gasteiger partial charge in [-0.1, -0.05) is 18.2 Å². The summed E-state index contributed by atoms with van der Waals surface area (Å²) in [6.45, 7) is 4.46. The summed E-state index contributed by atoms with van der Waals surface area (Å²) in [5.74, 6) is 1.81. The van der Waals surface area contributed by atoms with Crippen LogP contribution in [0.1, 0.15) is 25.2 Å². The average molecular weight is 363 g/mol. The van der Waals surface area contributed by atoms with Crippen LogP contribution in [0, 0.1) is 0 Å². The highest BCUT2D eigenvalue weighted by molar-refractivity contribution is 6.03. The number of furan rings is 1. The lowest BCUT2D eigenvalue weighted by molar-refractivity contribution is -0.111. The van der Waals surface area contributed by atoms with Crippen LogP contribution in [0.2, 0.25) is 0 Å². The molecule has 1 N–H and O–H groups in total. The predicted octanol–water partition coefficient (Wildman–Crippen LogP) is 4.81. The number of hydrogen-bond donors (Lipinski definition) is 1. The number of rotatable bonds is 5. The van der Waals surface area contributed by atoms with Crippen molar-refractivity contribution < 1.29 is 18.7 Å². The van der Waals surface area contributed by atoms with Gasteiger partial charge in [0, 0.05) is 29.5 Å². The minimum atomic E-state index is -0.262. The normalized spacial score (nSPS) is 15.7. The lowest BCUT2D eigenvalue weighted by Gasteiger charge is -2.12. The summed E-state index contributed by atoms with van der Waals surface area (Å²) < 4.78 is 17.2. The van der Waals surface area contributed by atoms with E-state index in [0.29, 0.717) is 23.8 Å². The van der Waals surface area contributed by atoms with Crippen LogP contribution in [0.5, 0.6) is 11.5 Å². The van der Waals surface area contributed by atoms with Crippen molar-refractivity contribution in [3.63, 3.8) is 0 Å². The van der Waals surface area contributed by atoms with Crippen molar-refractivity contribution in [1.82, 2.24) is 0 Å². The standard InChI is InChI=1S/C22H21NO4/c1-3-25-21-12-16-10-14(2)26-20(16)13-18(21)23-22(24)9-8-17-11-15-6-4-5-7-19(15)27-17/h4-9,11-14H,3,10H2,1-2H3,(H,23,24). The quantitative estimate of drug-likeness (QED) is 0.661. The van der Waals surface area contributed by atoms with E-state index in [4.69, 9.17) is 13.9 Å². The molecule has 0 bridgehead atoms. The number of fused-ring (bicyclic) bond motifs is 2. The van der Waals surface area contributed by atoms with Crippen LogP contribution in [0.15, 0.2) is 53.0 Å². The van der Waals surface area contributed by atoms with E-state index in [0.717, 1.165) is 28.7 Å². The third-order valence-electron chi connectivity index (χ3n) is 4.40. The molecule has 0 fully saturated rings. The summed E-state index contributed by atoms with van der Waals surface area (Å²) in [6, 6.07) is 13.4.